The minimum atomic E-state index is 0.0341. The first kappa shape index (κ1) is 15.5. The van der Waals surface area contributed by atoms with Crippen molar-refractivity contribution in [3.05, 3.63) is 33.8 Å². The topological polar surface area (TPSA) is 32.3 Å². The van der Waals surface area contributed by atoms with Crippen molar-refractivity contribution in [3.8, 4) is 0 Å². The molecule has 1 aromatic rings. The van der Waals surface area contributed by atoms with Crippen molar-refractivity contribution in [2.45, 2.75) is 33.2 Å². The first-order chi connectivity index (χ1) is 9.49. The highest BCUT2D eigenvalue weighted by Gasteiger charge is 2.24. The van der Waals surface area contributed by atoms with Crippen molar-refractivity contribution in [1.29, 1.82) is 0 Å². The first-order valence-electron chi connectivity index (χ1n) is 7.26. The third-order valence-corrected chi connectivity index (χ3v) is 4.97. The molecule has 1 aliphatic rings. The summed E-state index contributed by atoms with van der Waals surface area (Å²) in [7, 11) is 0. The summed E-state index contributed by atoms with van der Waals surface area (Å²) in [4.78, 5) is 14.7. The lowest BCUT2D eigenvalue weighted by Gasteiger charge is -2.20. The third-order valence-electron chi connectivity index (χ3n) is 4.11. The van der Waals surface area contributed by atoms with E-state index in [1.807, 2.05) is 25.1 Å². The van der Waals surface area contributed by atoms with Gasteiger partial charge in [0, 0.05) is 29.2 Å². The second kappa shape index (κ2) is 6.72. The van der Waals surface area contributed by atoms with Crippen molar-refractivity contribution >= 4 is 21.8 Å². The highest BCUT2D eigenvalue weighted by atomic mass is 79.9. The Morgan fingerprint density at radius 1 is 1.50 bits per heavy atom. The number of hydrogen-bond acceptors (Lipinski definition) is 2. The maximum atomic E-state index is 12.2. The van der Waals surface area contributed by atoms with E-state index in [9.17, 15) is 4.79 Å². The summed E-state index contributed by atoms with van der Waals surface area (Å²) < 4.78 is 0.983. The summed E-state index contributed by atoms with van der Waals surface area (Å²) in [6.07, 6.45) is 1.18. The van der Waals surface area contributed by atoms with E-state index in [0.717, 1.165) is 35.2 Å². The van der Waals surface area contributed by atoms with Gasteiger partial charge in [-0.15, -0.1) is 0 Å². The number of rotatable bonds is 4. The average molecular weight is 339 g/mol. The zero-order chi connectivity index (χ0) is 14.7. The van der Waals surface area contributed by atoms with Crippen molar-refractivity contribution in [3.63, 3.8) is 0 Å². The molecule has 0 bridgehead atoms. The lowest BCUT2D eigenvalue weighted by Crippen LogP contribution is -2.33. The van der Waals surface area contributed by atoms with E-state index < -0.39 is 0 Å². The van der Waals surface area contributed by atoms with Crippen LogP contribution in [0, 0.1) is 12.8 Å². The van der Waals surface area contributed by atoms with E-state index in [1.165, 1.54) is 6.42 Å². The fourth-order valence-electron chi connectivity index (χ4n) is 2.68. The van der Waals surface area contributed by atoms with Gasteiger partial charge in [-0.3, -0.25) is 4.79 Å². The van der Waals surface area contributed by atoms with Gasteiger partial charge in [-0.25, -0.2) is 0 Å². The number of halogens is 1. The Hall–Kier alpha value is -0.870. The summed E-state index contributed by atoms with van der Waals surface area (Å²) in [6.45, 7) is 9.43. The molecule has 2 rings (SSSR count). The van der Waals surface area contributed by atoms with Gasteiger partial charge in [-0.05, 0) is 57.4 Å². The molecule has 4 heteroatoms. The number of likely N-dealkylation sites (tertiary alicyclic amines) is 1. The maximum Gasteiger partial charge on any atom is 0.251 e. The van der Waals surface area contributed by atoms with Crippen LogP contribution in [0.3, 0.4) is 0 Å². The molecule has 0 spiro atoms. The van der Waals surface area contributed by atoms with Gasteiger partial charge in [0.05, 0.1) is 0 Å². The van der Waals surface area contributed by atoms with Crippen LogP contribution < -0.4 is 5.32 Å². The minimum Gasteiger partial charge on any atom is -0.352 e. The number of carbonyl (C=O) groups is 1. The lowest BCUT2D eigenvalue weighted by atomic mass is 10.1. The SMILES string of the molecule is Cc1c(Br)cccc1C(=O)NCC1CCN(C(C)C)C1. The Bertz CT molecular complexity index is 487. The number of amides is 1. The van der Waals surface area contributed by atoms with Crippen LogP contribution in [0.5, 0.6) is 0 Å². The molecule has 0 aliphatic carbocycles. The van der Waals surface area contributed by atoms with Crippen molar-refractivity contribution < 1.29 is 4.79 Å². The van der Waals surface area contributed by atoms with Gasteiger partial charge >= 0.3 is 0 Å². The minimum absolute atomic E-state index is 0.0341. The molecular weight excluding hydrogens is 316 g/mol. The van der Waals surface area contributed by atoms with Gasteiger partial charge in [-0.2, -0.15) is 0 Å². The summed E-state index contributed by atoms with van der Waals surface area (Å²) in [5.74, 6) is 0.612. The lowest BCUT2D eigenvalue weighted by molar-refractivity contribution is 0.0946. The van der Waals surface area contributed by atoms with Crippen LogP contribution in [0.1, 0.15) is 36.2 Å². The molecule has 3 nitrogen and oxygen atoms in total. The average Bonchev–Trinajstić information content (AvgIpc) is 2.88. The first-order valence-corrected chi connectivity index (χ1v) is 8.05. The van der Waals surface area contributed by atoms with Gasteiger partial charge in [0.15, 0.2) is 0 Å². The summed E-state index contributed by atoms with van der Waals surface area (Å²) in [6, 6.07) is 6.35. The quantitative estimate of drug-likeness (QED) is 0.914. The molecule has 1 saturated heterocycles. The Morgan fingerprint density at radius 2 is 2.25 bits per heavy atom. The molecule has 1 aliphatic heterocycles. The molecule has 0 saturated carbocycles. The smallest absolute Gasteiger partial charge is 0.251 e. The fourth-order valence-corrected chi connectivity index (χ4v) is 3.05. The van der Waals surface area contributed by atoms with E-state index in [4.69, 9.17) is 0 Å². The molecule has 1 heterocycles. The number of benzene rings is 1. The molecule has 1 amide bonds. The molecule has 1 fully saturated rings. The van der Waals surface area contributed by atoms with Gasteiger partial charge in [0.2, 0.25) is 0 Å². The molecule has 20 heavy (non-hydrogen) atoms. The largest absolute Gasteiger partial charge is 0.352 e. The van der Waals surface area contributed by atoms with Gasteiger partial charge in [0.1, 0.15) is 0 Å². The van der Waals surface area contributed by atoms with Crippen LogP contribution in [0.4, 0.5) is 0 Å². The summed E-state index contributed by atoms with van der Waals surface area (Å²) >= 11 is 3.47. The molecule has 1 unspecified atom stereocenters. The van der Waals surface area contributed by atoms with E-state index in [2.05, 4.69) is 40.0 Å². The Balaban J connectivity index is 1.89. The Labute approximate surface area is 129 Å². The molecular formula is C16H23BrN2O. The predicted octanol–water partition coefficient (Wildman–Crippen LogP) is 3.22. The van der Waals surface area contributed by atoms with Crippen molar-refractivity contribution in [1.82, 2.24) is 10.2 Å². The number of hydrogen-bond donors (Lipinski definition) is 1. The van der Waals surface area contributed by atoms with Gasteiger partial charge < -0.3 is 10.2 Å². The van der Waals surface area contributed by atoms with E-state index in [0.29, 0.717) is 12.0 Å². The summed E-state index contributed by atoms with van der Waals surface area (Å²) in [5.41, 5.74) is 1.76. The molecule has 110 valence electrons. The maximum absolute atomic E-state index is 12.2. The van der Waals surface area contributed by atoms with Gasteiger partial charge in [0.25, 0.3) is 5.91 Å². The van der Waals surface area contributed by atoms with Crippen LogP contribution in [0.25, 0.3) is 0 Å². The van der Waals surface area contributed by atoms with E-state index >= 15 is 0 Å². The monoisotopic (exact) mass is 338 g/mol. The highest BCUT2D eigenvalue weighted by Crippen LogP contribution is 2.20. The normalized spacial score (nSPS) is 19.6. The zero-order valence-electron chi connectivity index (χ0n) is 12.4. The van der Waals surface area contributed by atoms with Crippen LogP contribution in [0.15, 0.2) is 22.7 Å². The predicted molar refractivity (Wildman–Crippen MR) is 86.0 cm³/mol. The standard InChI is InChI=1S/C16H23BrN2O/c1-11(2)19-8-7-13(10-19)9-18-16(20)14-5-4-6-15(17)12(14)3/h4-6,11,13H,7-10H2,1-3H3,(H,18,20). The molecule has 0 radical (unpaired) electrons. The third kappa shape index (κ3) is 3.61. The van der Waals surface area contributed by atoms with Crippen molar-refractivity contribution in [2.24, 2.45) is 5.92 Å². The summed E-state index contributed by atoms with van der Waals surface area (Å²) in [5, 5.41) is 3.08. The highest BCUT2D eigenvalue weighted by molar-refractivity contribution is 9.10. The number of nitrogens with one attached hydrogen (secondary N) is 1. The molecule has 0 aromatic heterocycles. The molecule has 1 atom stereocenters. The fraction of sp³-hybridized carbons (Fsp3) is 0.562. The van der Waals surface area contributed by atoms with Crippen molar-refractivity contribution in [2.75, 3.05) is 19.6 Å². The van der Waals surface area contributed by atoms with E-state index in [-0.39, 0.29) is 5.91 Å². The second-order valence-electron chi connectivity index (χ2n) is 5.87. The second-order valence-corrected chi connectivity index (χ2v) is 6.72. The van der Waals surface area contributed by atoms with Crippen LogP contribution in [0.2, 0.25) is 0 Å². The van der Waals surface area contributed by atoms with E-state index in [1.54, 1.807) is 0 Å². The Kier molecular flexibility index (Phi) is 5.22. The van der Waals surface area contributed by atoms with Crippen LogP contribution in [-0.4, -0.2) is 36.5 Å². The zero-order valence-corrected chi connectivity index (χ0v) is 14.0. The molecule has 1 N–H and O–H groups in total. The van der Waals surface area contributed by atoms with Crippen LogP contribution in [-0.2, 0) is 0 Å². The van der Waals surface area contributed by atoms with Gasteiger partial charge in [-0.1, -0.05) is 22.0 Å². The van der Waals surface area contributed by atoms with Crippen LogP contribution >= 0.6 is 15.9 Å². The molecule has 1 aromatic carbocycles. The number of nitrogens with zero attached hydrogens (tertiary/aromatic N) is 1. The number of carbonyl (C=O) groups excluding carboxylic acids is 1. The Morgan fingerprint density at radius 3 is 2.90 bits per heavy atom.